The van der Waals surface area contributed by atoms with Crippen molar-refractivity contribution >= 4 is 12.1 Å². The number of aliphatic carboxylic acids is 1. The van der Waals surface area contributed by atoms with E-state index < -0.39 is 18.1 Å². The van der Waals surface area contributed by atoms with Crippen LogP contribution in [0.3, 0.4) is 0 Å². The zero-order valence-electron chi connectivity index (χ0n) is 18.8. The molecule has 1 saturated heterocycles. The number of rotatable bonds is 8. The molecule has 0 saturated carbocycles. The number of carboxylic acid groups (broad SMARTS) is 1. The molecule has 2 N–H and O–H groups in total. The lowest BCUT2D eigenvalue weighted by atomic mass is 9.98. The molecule has 1 amide bonds. The Morgan fingerprint density at radius 2 is 1.72 bits per heavy atom. The van der Waals surface area contributed by atoms with Gasteiger partial charge in [0.2, 0.25) is 0 Å². The van der Waals surface area contributed by atoms with Gasteiger partial charge in [0.1, 0.15) is 12.6 Å². The predicted molar refractivity (Wildman–Crippen MR) is 124 cm³/mol. The van der Waals surface area contributed by atoms with Crippen molar-refractivity contribution in [2.45, 2.75) is 51.1 Å². The summed E-state index contributed by atoms with van der Waals surface area (Å²) in [6.45, 7) is 5.75. The Balaban J connectivity index is 1.40. The van der Waals surface area contributed by atoms with E-state index in [1.807, 2.05) is 29.2 Å². The molecule has 1 aliphatic heterocycles. The van der Waals surface area contributed by atoms with E-state index in [9.17, 15) is 14.7 Å². The van der Waals surface area contributed by atoms with E-state index in [1.165, 1.54) is 22.3 Å². The SMILES string of the molecule is CC(C)C[C@@H](CN1CCCC1C(=O)O)NC(=O)OCC1c2ccccc2-c2ccccc21. The molecule has 32 heavy (non-hydrogen) atoms. The van der Waals surface area contributed by atoms with E-state index in [1.54, 1.807) is 0 Å². The summed E-state index contributed by atoms with van der Waals surface area (Å²) in [4.78, 5) is 26.2. The number of carbonyl (C=O) groups is 2. The molecule has 4 rings (SSSR count). The van der Waals surface area contributed by atoms with Crippen molar-refractivity contribution in [1.29, 1.82) is 0 Å². The Bertz CT molecular complexity index is 928. The van der Waals surface area contributed by atoms with E-state index in [0.717, 1.165) is 19.4 Å². The predicted octanol–water partition coefficient (Wildman–Crippen LogP) is 4.49. The minimum Gasteiger partial charge on any atom is -0.480 e. The number of nitrogens with one attached hydrogen (secondary N) is 1. The third-order valence-electron chi connectivity index (χ3n) is 6.53. The zero-order valence-corrected chi connectivity index (χ0v) is 18.8. The molecule has 1 fully saturated rings. The number of carbonyl (C=O) groups excluding carboxylic acids is 1. The summed E-state index contributed by atoms with van der Waals surface area (Å²) in [7, 11) is 0. The Labute approximate surface area is 189 Å². The lowest BCUT2D eigenvalue weighted by molar-refractivity contribution is -0.142. The van der Waals surface area contributed by atoms with Gasteiger partial charge in [0.25, 0.3) is 0 Å². The van der Waals surface area contributed by atoms with Crippen LogP contribution in [0.1, 0.15) is 50.2 Å². The highest BCUT2D eigenvalue weighted by Crippen LogP contribution is 2.44. The number of benzene rings is 2. The second-order valence-corrected chi connectivity index (χ2v) is 9.29. The molecule has 1 heterocycles. The lowest BCUT2D eigenvalue weighted by Crippen LogP contribution is -2.48. The van der Waals surface area contributed by atoms with Crippen LogP contribution < -0.4 is 5.32 Å². The van der Waals surface area contributed by atoms with Crippen molar-refractivity contribution in [1.82, 2.24) is 10.2 Å². The average Bonchev–Trinajstić information content (AvgIpc) is 3.34. The fraction of sp³-hybridized carbons (Fsp3) is 0.462. The smallest absolute Gasteiger partial charge is 0.407 e. The van der Waals surface area contributed by atoms with Gasteiger partial charge in [-0.3, -0.25) is 9.69 Å². The number of carboxylic acids is 1. The van der Waals surface area contributed by atoms with Crippen LogP contribution in [-0.2, 0) is 9.53 Å². The molecule has 6 heteroatoms. The van der Waals surface area contributed by atoms with Crippen LogP contribution >= 0.6 is 0 Å². The standard InChI is InChI=1S/C26H32N2O4/c1-17(2)14-18(15-28-13-7-12-24(28)25(29)30)27-26(31)32-16-23-21-10-5-3-8-19(21)20-9-4-6-11-22(20)23/h3-6,8-11,17-18,23-24H,7,12-16H2,1-2H3,(H,27,31)(H,29,30)/t18-,24?/m0/s1. The fourth-order valence-electron chi connectivity index (χ4n) is 5.16. The van der Waals surface area contributed by atoms with Crippen molar-refractivity contribution in [2.24, 2.45) is 5.92 Å². The summed E-state index contributed by atoms with van der Waals surface area (Å²) >= 11 is 0. The Kier molecular flexibility index (Phi) is 6.80. The summed E-state index contributed by atoms with van der Waals surface area (Å²) in [6.07, 6.45) is 1.86. The number of hydrogen-bond acceptors (Lipinski definition) is 4. The number of amides is 1. The summed E-state index contributed by atoms with van der Waals surface area (Å²) in [5.74, 6) is -0.390. The second-order valence-electron chi connectivity index (χ2n) is 9.29. The molecule has 2 aromatic carbocycles. The zero-order chi connectivity index (χ0) is 22.7. The average molecular weight is 437 g/mol. The maximum atomic E-state index is 12.7. The Morgan fingerprint density at radius 3 is 2.31 bits per heavy atom. The van der Waals surface area contributed by atoms with Crippen LogP contribution in [0.5, 0.6) is 0 Å². The van der Waals surface area contributed by atoms with Crippen LogP contribution in [0.2, 0.25) is 0 Å². The largest absolute Gasteiger partial charge is 0.480 e. The first-order valence-electron chi connectivity index (χ1n) is 11.5. The van der Waals surface area contributed by atoms with Gasteiger partial charge in [0.05, 0.1) is 0 Å². The van der Waals surface area contributed by atoms with Crippen LogP contribution in [0.15, 0.2) is 48.5 Å². The van der Waals surface area contributed by atoms with Gasteiger partial charge < -0.3 is 15.2 Å². The minimum atomic E-state index is -0.785. The van der Waals surface area contributed by atoms with Crippen molar-refractivity contribution in [3.63, 3.8) is 0 Å². The maximum absolute atomic E-state index is 12.7. The van der Waals surface area contributed by atoms with Crippen molar-refractivity contribution < 1.29 is 19.4 Å². The van der Waals surface area contributed by atoms with Crippen molar-refractivity contribution in [3.05, 3.63) is 59.7 Å². The van der Waals surface area contributed by atoms with E-state index in [0.29, 0.717) is 18.9 Å². The topological polar surface area (TPSA) is 78.9 Å². The van der Waals surface area contributed by atoms with Gasteiger partial charge in [0, 0.05) is 18.5 Å². The monoisotopic (exact) mass is 436 g/mol. The molecule has 2 atom stereocenters. The quantitative estimate of drug-likeness (QED) is 0.638. The van der Waals surface area contributed by atoms with E-state index >= 15 is 0 Å². The van der Waals surface area contributed by atoms with Gasteiger partial charge in [0.15, 0.2) is 0 Å². The minimum absolute atomic E-state index is 0.0201. The normalized spacial score (nSPS) is 18.9. The molecule has 0 radical (unpaired) electrons. The van der Waals surface area contributed by atoms with Crippen LogP contribution in [0.25, 0.3) is 11.1 Å². The molecule has 1 aliphatic carbocycles. The van der Waals surface area contributed by atoms with E-state index in [2.05, 4.69) is 43.4 Å². The maximum Gasteiger partial charge on any atom is 0.407 e. The second kappa shape index (κ2) is 9.74. The molecular formula is C26H32N2O4. The summed E-state index contributed by atoms with van der Waals surface area (Å²) < 4.78 is 5.71. The first-order chi connectivity index (χ1) is 15.4. The van der Waals surface area contributed by atoms with Crippen LogP contribution in [0, 0.1) is 5.92 Å². The third kappa shape index (κ3) is 4.80. The van der Waals surface area contributed by atoms with Crippen LogP contribution in [0.4, 0.5) is 4.79 Å². The third-order valence-corrected chi connectivity index (χ3v) is 6.53. The first-order valence-corrected chi connectivity index (χ1v) is 11.5. The highest BCUT2D eigenvalue weighted by molar-refractivity contribution is 5.79. The van der Waals surface area contributed by atoms with Gasteiger partial charge >= 0.3 is 12.1 Å². The summed E-state index contributed by atoms with van der Waals surface area (Å²) in [5, 5.41) is 12.5. The number of fused-ring (bicyclic) bond motifs is 3. The van der Waals surface area contributed by atoms with Gasteiger partial charge in [-0.2, -0.15) is 0 Å². The summed E-state index contributed by atoms with van der Waals surface area (Å²) in [5.41, 5.74) is 4.76. The molecular weight excluding hydrogens is 404 g/mol. The van der Waals surface area contributed by atoms with Gasteiger partial charge in [-0.25, -0.2) is 4.79 Å². The molecule has 0 aromatic heterocycles. The van der Waals surface area contributed by atoms with Crippen molar-refractivity contribution in [3.8, 4) is 11.1 Å². The lowest BCUT2D eigenvalue weighted by Gasteiger charge is -2.28. The number of hydrogen-bond donors (Lipinski definition) is 2. The molecule has 0 spiro atoms. The number of alkyl carbamates (subject to hydrolysis) is 1. The molecule has 170 valence electrons. The number of likely N-dealkylation sites (tertiary alicyclic amines) is 1. The van der Waals surface area contributed by atoms with Crippen molar-refractivity contribution in [2.75, 3.05) is 19.7 Å². The summed E-state index contributed by atoms with van der Waals surface area (Å²) in [6, 6.07) is 15.9. The van der Waals surface area contributed by atoms with E-state index in [-0.39, 0.29) is 18.6 Å². The molecule has 1 unspecified atom stereocenters. The molecule has 2 aromatic rings. The number of nitrogens with zero attached hydrogens (tertiary/aromatic N) is 1. The van der Waals surface area contributed by atoms with Gasteiger partial charge in [-0.05, 0) is 54.0 Å². The molecule has 6 nitrogen and oxygen atoms in total. The first kappa shape index (κ1) is 22.3. The van der Waals surface area contributed by atoms with Crippen LogP contribution in [-0.4, -0.2) is 53.8 Å². The Hall–Kier alpha value is -2.86. The highest BCUT2D eigenvalue weighted by atomic mass is 16.5. The molecule has 0 bridgehead atoms. The Morgan fingerprint density at radius 1 is 1.09 bits per heavy atom. The van der Waals surface area contributed by atoms with Gasteiger partial charge in [-0.1, -0.05) is 62.4 Å². The fourth-order valence-corrected chi connectivity index (χ4v) is 5.16. The van der Waals surface area contributed by atoms with E-state index in [4.69, 9.17) is 4.74 Å². The number of ether oxygens (including phenoxy) is 1. The highest BCUT2D eigenvalue weighted by Gasteiger charge is 2.33. The molecule has 2 aliphatic rings. The van der Waals surface area contributed by atoms with Gasteiger partial charge in [-0.15, -0.1) is 0 Å².